The summed E-state index contributed by atoms with van der Waals surface area (Å²) >= 11 is 0. The Bertz CT molecular complexity index is 1230. The van der Waals surface area contributed by atoms with E-state index in [1.807, 2.05) is 12.1 Å². The minimum Gasteiger partial charge on any atom is -0.632 e. The third-order valence-electron chi connectivity index (χ3n) is 9.10. The number of piperidine rings is 1. The van der Waals surface area contributed by atoms with Gasteiger partial charge in [0.25, 0.3) is 0 Å². The monoisotopic (exact) mass is 461 g/mol. The van der Waals surface area contributed by atoms with Gasteiger partial charge < -0.3 is 24.4 Å². The summed E-state index contributed by atoms with van der Waals surface area (Å²) in [4.78, 5) is 26.8. The second kappa shape index (κ2) is 6.61. The number of aromatic hydroxyl groups is 1. The molecule has 1 saturated heterocycles. The van der Waals surface area contributed by atoms with Crippen LogP contribution in [0.1, 0.15) is 53.6 Å². The minimum atomic E-state index is -1.17. The van der Waals surface area contributed by atoms with Crippen LogP contribution in [0.2, 0.25) is 0 Å². The van der Waals surface area contributed by atoms with E-state index in [1.165, 1.54) is 0 Å². The van der Waals surface area contributed by atoms with Crippen molar-refractivity contribution in [1.29, 1.82) is 0 Å². The molecule has 2 saturated carbocycles. The Morgan fingerprint density at radius 3 is 2.74 bits per heavy atom. The summed E-state index contributed by atoms with van der Waals surface area (Å²) in [5, 5.41) is 25.2. The maximum atomic E-state index is 14.5. The highest BCUT2D eigenvalue weighted by Crippen LogP contribution is 2.67. The fourth-order valence-electron chi connectivity index (χ4n) is 7.51. The predicted octanol–water partition coefficient (Wildman–Crippen LogP) is 3.40. The normalized spacial score (nSPS) is 37.0. The van der Waals surface area contributed by atoms with Crippen molar-refractivity contribution in [3.8, 4) is 11.5 Å². The highest BCUT2D eigenvalue weighted by atomic mass is 16.6. The van der Waals surface area contributed by atoms with Crippen LogP contribution in [0.5, 0.6) is 11.5 Å². The summed E-state index contributed by atoms with van der Waals surface area (Å²) in [6.07, 6.45) is 2.58. The zero-order valence-electron chi connectivity index (χ0n) is 18.9. The summed E-state index contributed by atoms with van der Waals surface area (Å²) in [5.41, 5.74) is 0.0104. The Morgan fingerprint density at radius 2 is 1.97 bits per heavy atom. The van der Waals surface area contributed by atoms with Crippen molar-refractivity contribution < 1.29 is 28.8 Å². The van der Waals surface area contributed by atoms with Crippen LogP contribution in [0.3, 0.4) is 0 Å². The predicted molar refractivity (Wildman–Crippen MR) is 121 cm³/mol. The van der Waals surface area contributed by atoms with Crippen LogP contribution in [0.4, 0.5) is 0 Å². The molecular formula is C27H27NO6. The van der Waals surface area contributed by atoms with Gasteiger partial charge in [-0.1, -0.05) is 24.3 Å². The molecule has 0 radical (unpaired) electrons. The van der Waals surface area contributed by atoms with Crippen molar-refractivity contribution in [3.63, 3.8) is 0 Å². The summed E-state index contributed by atoms with van der Waals surface area (Å²) in [5.74, 6) is 0.190. The number of hydrogen-bond donors (Lipinski definition) is 1. The number of hydrogen-bond acceptors (Lipinski definition) is 6. The van der Waals surface area contributed by atoms with Crippen LogP contribution in [0.15, 0.2) is 42.5 Å². The molecule has 2 aromatic carbocycles. The zero-order valence-corrected chi connectivity index (χ0v) is 18.9. The molecular weight excluding hydrogens is 434 g/mol. The molecule has 2 aliphatic heterocycles. The molecule has 7 nitrogen and oxygen atoms in total. The van der Waals surface area contributed by atoms with Crippen LogP contribution in [0, 0.1) is 11.1 Å². The molecule has 3 fully saturated rings. The van der Waals surface area contributed by atoms with Crippen molar-refractivity contribution in [1.82, 2.24) is 0 Å². The fourth-order valence-corrected chi connectivity index (χ4v) is 7.51. The van der Waals surface area contributed by atoms with E-state index in [0.717, 1.165) is 24.0 Å². The van der Waals surface area contributed by atoms with Gasteiger partial charge in [-0.05, 0) is 36.6 Å². The number of quaternary nitrogens is 1. The molecule has 0 aromatic heterocycles. The number of phenols is 1. The molecule has 2 aromatic rings. The molecule has 2 bridgehead atoms. The standard InChI is InChI=1S/C27H27NO6/c29-19-9-8-18-14-21-27(34-25(31)17-4-2-1-3-5-17)11-10-20(30)24-26(27,22(18)23(19)33-24)12-13-28(21,32)15-16-6-7-16/h1-5,8-9,16,21,24,29H,6-7,10-15H2/t21-,24?,26+,27?,28?/m1/s1. The van der Waals surface area contributed by atoms with Crippen LogP contribution in [0.25, 0.3) is 0 Å². The lowest BCUT2D eigenvalue weighted by molar-refractivity contribution is -0.923. The number of esters is 1. The summed E-state index contributed by atoms with van der Waals surface area (Å²) in [6.45, 7) is 0.874. The molecule has 1 spiro atoms. The quantitative estimate of drug-likeness (QED) is 0.426. The van der Waals surface area contributed by atoms with Gasteiger partial charge in [-0.3, -0.25) is 4.79 Å². The summed E-state index contributed by atoms with van der Waals surface area (Å²) < 4.78 is 12.3. The topological polar surface area (TPSA) is 95.9 Å². The van der Waals surface area contributed by atoms with Gasteiger partial charge in [0.15, 0.2) is 29.0 Å². The first-order valence-electron chi connectivity index (χ1n) is 12.3. The molecule has 34 heavy (non-hydrogen) atoms. The van der Waals surface area contributed by atoms with E-state index >= 15 is 0 Å². The first-order valence-corrected chi connectivity index (χ1v) is 12.3. The molecule has 7 rings (SSSR count). The van der Waals surface area contributed by atoms with Gasteiger partial charge in [-0.2, -0.15) is 0 Å². The number of hydroxylamine groups is 3. The van der Waals surface area contributed by atoms with Gasteiger partial charge >= 0.3 is 5.97 Å². The van der Waals surface area contributed by atoms with Gasteiger partial charge in [0.05, 0.1) is 24.1 Å². The Balaban J connectivity index is 1.45. The SMILES string of the molecule is O=C(OC12CCC(=O)C3Oc4c(O)ccc5c4[C@@]31CC[N+]([O-])(CC1CC1)[C@@H]2C5)c1ccccc1. The van der Waals surface area contributed by atoms with E-state index in [2.05, 4.69) is 0 Å². The third-order valence-corrected chi connectivity index (χ3v) is 9.10. The van der Waals surface area contributed by atoms with E-state index in [-0.39, 0.29) is 18.0 Å². The third kappa shape index (κ3) is 2.44. The lowest BCUT2D eigenvalue weighted by Gasteiger charge is -2.67. The molecule has 2 heterocycles. The number of nitrogens with zero attached hydrogens (tertiary/aromatic N) is 1. The van der Waals surface area contributed by atoms with Gasteiger partial charge in [-0.15, -0.1) is 0 Å². The van der Waals surface area contributed by atoms with Crippen molar-refractivity contribution >= 4 is 11.8 Å². The van der Waals surface area contributed by atoms with Crippen LogP contribution in [-0.4, -0.2) is 52.3 Å². The number of carbonyl (C=O) groups excluding carboxylic acids is 2. The highest BCUT2D eigenvalue weighted by molar-refractivity contribution is 5.92. The zero-order chi connectivity index (χ0) is 23.3. The average molecular weight is 462 g/mol. The van der Waals surface area contributed by atoms with Gasteiger partial charge in [0.1, 0.15) is 6.04 Å². The Kier molecular flexibility index (Phi) is 3.98. The molecule has 176 valence electrons. The second-order valence-electron chi connectivity index (χ2n) is 10.8. The lowest BCUT2D eigenvalue weighted by atomic mass is 9.48. The number of carbonyl (C=O) groups is 2. The first-order chi connectivity index (χ1) is 16.4. The summed E-state index contributed by atoms with van der Waals surface area (Å²) in [7, 11) is 0. The van der Waals surface area contributed by atoms with Gasteiger partial charge in [-0.25, -0.2) is 4.79 Å². The smallest absolute Gasteiger partial charge is 0.338 e. The van der Waals surface area contributed by atoms with Gasteiger partial charge in [0, 0.05) is 37.2 Å². The number of Topliss-reactive ketones (excluding diaryl/α,β-unsaturated/α-hetero) is 1. The van der Waals surface area contributed by atoms with Crippen molar-refractivity contribution in [2.45, 2.75) is 61.7 Å². The number of ketones is 1. The van der Waals surface area contributed by atoms with Crippen LogP contribution in [-0.2, 0) is 21.4 Å². The Labute approximate surface area is 197 Å². The first kappa shape index (κ1) is 20.5. The molecule has 5 aliphatic rings. The Hall–Kier alpha value is -2.90. The van der Waals surface area contributed by atoms with Crippen LogP contribution >= 0.6 is 0 Å². The number of ether oxygens (including phenoxy) is 2. The Morgan fingerprint density at radius 1 is 1.18 bits per heavy atom. The van der Waals surface area contributed by atoms with Crippen molar-refractivity contribution in [2.75, 3.05) is 13.1 Å². The maximum absolute atomic E-state index is 14.5. The molecule has 3 aliphatic carbocycles. The minimum absolute atomic E-state index is 0.0107. The molecule has 0 amide bonds. The van der Waals surface area contributed by atoms with Crippen molar-refractivity contribution in [2.24, 2.45) is 5.92 Å². The maximum Gasteiger partial charge on any atom is 0.338 e. The van der Waals surface area contributed by atoms with E-state index in [9.17, 15) is 19.9 Å². The molecule has 7 heteroatoms. The lowest BCUT2D eigenvalue weighted by Crippen LogP contribution is -2.81. The fraction of sp³-hybridized carbons (Fsp3) is 0.481. The molecule has 5 atom stereocenters. The van der Waals surface area contributed by atoms with E-state index in [1.54, 1.807) is 30.3 Å². The van der Waals surface area contributed by atoms with Gasteiger partial charge in [0.2, 0.25) is 0 Å². The highest BCUT2D eigenvalue weighted by Gasteiger charge is 2.78. The van der Waals surface area contributed by atoms with E-state index < -0.39 is 33.8 Å². The number of rotatable bonds is 4. The molecule has 1 N–H and O–H groups in total. The van der Waals surface area contributed by atoms with E-state index in [4.69, 9.17) is 9.47 Å². The number of likely N-dealkylation sites (tertiary alicyclic amines) is 1. The van der Waals surface area contributed by atoms with E-state index in [0.29, 0.717) is 49.6 Å². The summed E-state index contributed by atoms with van der Waals surface area (Å²) in [6, 6.07) is 11.7. The largest absolute Gasteiger partial charge is 0.632 e. The molecule has 3 unspecified atom stereocenters. The number of benzene rings is 2. The number of phenolic OH excluding ortho intramolecular Hbond substituents is 1. The second-order valence-corrected chi connectivity index (χ2v) is 10.8. The average Bonchev–Trinajstić information content (AvgIpc) is 3.56. The van der Waals surface area contributed by atoms with Crippen molar-refractivity contribution in [3.05, 3.63) is 64.4 Å². The van der Waals surface area contributed by atoms with Crippen LogP contribution < -0.4 is 4.74 Å².